The Hall–Kier alpha value is -0.860. The van der Waals surface area contributed by atoms with Gasteiger partial charge in [-0.25, -0.2) is 0 Å². The van der Waals surface area contributed by atoms with E-state index < -0.39 is 0 Å². The summed E-state index contributed by atoms with van der Waals surface area (Å²) in [6.45, 7) is 2.24. The Bertz CT molecular complexity index is 208. The van der Waals surface area contributed by atoms with Crippen molar-refractivity contribution >= 4 is 0 Å². The summed E-state index contributed by atoms with van der Waals surface area (Å²) in [5, 5.41) is 0. The summed E-state index contributed by atoms with van der Waals surface area (Å²) in [6.07, 6.45) is 0. The van der Waals surface area contributed by atoms with Crippen molar-refractivity contribution in [2.45, 2.75) is 13.0 Å². The van der Waals surface area contributed by atoms with Gasteiger partial charge in [0.25, 0.3) is 0 Å². The van der Waals surface area contributed by atoms with Gasteiger partial charge < -0.3 is 10.4 Å². The summed E-state index contributed by atoms with van der Waals surface area (Å²) in [6, 6.07) is 11.2. The normalized spacial score (nSPS) is 12.3. The predicted octanol–water partition coefficient (Wildman–Crippen LogP) is 0.715. The van der Waals surface area contributed by atoms with E-state index in [0.717, 1.165) is 0 Å². The lowest BCUT2D eigenvalue weighted by atomic mass is 10.1. The second kappa shape index (κ2) is 4.91. The van der Waals surface area contributed by atoms with Crippen LogP contribution in [0.2, 0.25) is 0 Å². The van der Waals surface area contributed by atoms with E-state index in [2.05, 4.69) is 51.4 Å². The van der Waals surface area contributed by atoms with Crippen LogP contribution in [0.4, 0.5) is 0 Å². The van der Waals surface area contributed by atoms with Gasteiger partial charge in [-0.15, -0.1) is 0 Å². The molecule has 1 aromatic rings. The van der Waals surface area contributed by atoms with Crippen LogP contribution in [0.3, 0.4) is 0 Å². The van der Waals surface area contributed by atoms with Crippen molar-refractivity contribution in [1.82, 2.24) is 0 Å². The largest absolute Gasteiger partial charge is 0.870 e. The van der Waals surface area contributed by atoms with Gasteiger partial charge in [0.05, 0.1) is 14.1 Å². The molecule has 0 aliphatic heterocycles. The van der Waals surface area contributed by atoms with Gasteiger partial charge in [0.1, 0.15) is 6.04 Å². The van der Waals surface area contributed by atoms with Gasteiger partial charge in [0, 0.05) is 5.56 Å². The minimum Gasteiger partial charge on any atom is -0.870 e. The van der Waals surface area contributed by atoms with E-state index in [1.807, 2.05) is 0 Å². The standard InChI is InChI=1S/C10H15N.H2O/c1-9(11(2)3)10-7-5-4-6-8-10;/h4-9H,1-3H3;1H2. The third-order valence-electron chi connectivity index (χ3n) is 2.17. The monoisotopic (exact) mass is 167 g/mol. The van der Waals surface area contributed by atoms with Gasteiger partial charge in [0.15, 0.2) is 0 Å². The maximum atomic E-state index is 2.24. The van der Waals surface area contributed by atoms with Crippen LogP contribution in [0, 0.1) is 0 Å². The molecule has 12 heavy (non-hydrogen) atoms. The molecule has 1 atom stereocenters. The fourth-order valence-electron chi connectivity index (χ4n) is 1.08. The van der Waals surface area contributed by atoms with E-state index in [9.17, 15) is 0 Å². The molecule has 0 bridgehead atoms. The molecule has 1 unspecified atom stereocenters. The predicted molar refractivity (Wildman–Crippen MR) is 49.6 cm³/mol. The summed E-state index contributed by atoms with van der Waals surface area (Å²) < 4.78 is 0. The summed E-state index contributed by atoms with van der Waals surface area (Å²) in [5.41, 5.74) is 1.41. The molecule has 0 saturated heterocycles. The fraction of sp³-hybridized carbons (Fsp3) is 0.400. The van der Waals surface area contributed by atoms with Crippen LogP contribution in [-0.4, -0.2) is 19.6 Å². The quantitative estimate of drug-likeness (QED) is 0.692. The van der Waals surface area contributed by atoms with Crippen LogP contribution >= 0.6 is 0 Å². The molecule has 2 nitrogen and oxygen atoms in total. The van der Waals surface area contributed by atoms with Gasteiger partial charge in [-0.1, -0.05) is 30.3 Å². The number of benzene rings is 1. The molecule has 0 aromatic heterocycles. The molecule has 1 aromatic carbocycles. The minimum absolute atomic E-state index is 0. The molecule has 1 rings (SSSR count). The third kappa shape index (κ3) is 2.64. The van der Waals surface area contributed by atoms with Crippen molar-refractivity contribution in [3.05, 3.63) is 35.9 Å². The van der Waals surface area contributed by atoms with Crippen LogP contribution in [0.5, 0.6) is 0 Å². The van der Waals surface area contributed by atoms with Gasteiger partial charge in [-0.3, -0.25) is 0 Å². The zero-order valence-corrected chi connectivity index (χ0v) is 7.91. The Labute approximate surface area is 74.1 Å². The zero-order chi connectivity index (χ0) is 8.27. The number of rotatable bonds is 2. The Morgan fingerprint density at radius 2 is 1.58 bits per heavy atom. The van der Waals surface area contributed by atoms with Crippen LogP contribution < -0.4 is 4.90 Å². The molecule has 0 saturated carbocycles. The molecular weight excluding hydrogens is 150 g/mol. The molecule has 2 heteroatoms. The van der Waals surface area contributed by atoms with E-state index in [0.29, 0.717) is 6.04 Å². The lowest BCUT2D eigenvalue weighted by Gasteiger charge is -2.16. The maximum absolute atomic E-state index is 2.24. The molecule has 0 aliphatic rings. The van der Waals surface area contributed by atoms with Crippen LogP contribution in [-0.2, 0) is 0 Å². The highest BCUT2D eigenvalue weighted by Gasteiger charge is 2.08. The molecule has 0 spiro atoms. The van der Waals surface area contributed by atoms with Gasteiger partial charge in [0.2, 0.25) is 0 Å². The van der Waals surface area contributed by atoms with Crippen molar-refractivity contribution < 1.29 is 10.4 Å². The summed E-state index contributed by atoms with van der Waals surface area (Å²) >= 11 is 0. The molecule has 0 heterocycles. The van der Waals surface area contributed by atoms with Crippen molar-refractivity contribution in [2.24, 2.45) is 0 Å². The van der Waals surface area contributed by atoms with Crippen LogP contribution in [0.1, 0.15) is 18.5 Å². The first-order valence-electron chi connectivity index (χ1n) is 4.07. The fourth-order valence-corrected chi connectivity index (χ4v) is 1.08. The minimum atomic E-state index is 0. The Morgan fingerprint density at radius 1 is 1.08 bits per heavy atom. The smallest absolute Gasteiger partial charge is 0.110 e. The van der Waals surface area contributed by atoms with Crippen molar-refractivity contribution in [3.8, 4) is 0 Å². The van der Waals surface area contributed by atoms with E-state index in [1.54, 1.807) is 0 Å². The number of quaternary nitrogens is 1. The molecular formula is C10H17NO. The third-order valence-corrected chi connectivity index (χ3v) is 2.17. The number of hydrogen-bond donors (Lipinski definition) is 1. The first-order chi connectivity index (χ1) is 5.22. The van der Waals surface area contributed by atoms with E-state index in [-0.39, 0.29) is 5.48 Å². The van der Waals surface area contributed by atoms with Crippen molar-refractivity contribution in [2.75, 3.05) is 14.1 Å². The lowest BCUT2D eigenvalue weighted by Crippen LogP contribution is -3.05. The average Bonchev–Trinajstić information content (AvgIpc) is 2.05. The summed E-state index contributed by atoms with van der Waals surface area (Å²) in [7, 11) is 4.36. The van der Waals surface area contributed by atoms with Crippen LogP contribution in [0.25, 0.3) is 0 Å². The van der Waals surface area contributed by atoms with Crippen molar-refractivity contribution in [1.29, 1.82) is 0 Å². The highest BCUT2D eigenvalue weighted by Crippen LogP contribution is 2.06. The van der Waals surface area contributed by atoms with E-state index in [1.165, 1.54) is 10.5 Å². The number of hydrogen-bond acceptors (Lipinski definition) is 1. The molecule has 68 valence electrons. The summed E-state index contributed by atoms with van der Waals surface area (Å²) in [4.78, 5) is 1.47. The lowest BCUT2D eigenvalue weighted by molar-refractivity contribution is -0.890. The maximum Gasteiger partial charge on any atom is 0.110 e. The van der Waals surface area contributed by atoms with Crippen LogP contribution in [0.15, 0.2) is 30.3 Å². The first kappa shape index (κ1) is 11.1. The Balaban J connectivity index is 0.00000121. The topological polar surface area (TPSA) is 34.4 Å². The second-order valence-corrected chi connectivity index (χ2v) is 3.21. The molecule has 0 amide bonds. The van der Waals surface area contributed by atoms with Gasteiger partial charge in [-0.2, -0.15) is 0 Å². The van der Waals surface area contributed by atoms with Gasteiger partial charge in [-0.05, 0) is 6.92 Å². The highest BCUT2D eigenvalue weighted by atomic mass is 16.0. The van der Waals surface area contributed by atoms with Crippen molar-refractivity contribution in [3.63, 3.8) is 0 Å². The molecule has 2 N–H and O–H groups in total. The SMILES string of the molecule is CC(c1ccccc1)[NH+](C)C.[OH-]. The zero-order valence-electron chi connectivity index (χ0n) is 7.91. The van der Waals surface area contributed by atoms with E-state index in [4.69, 9.17) is 0 Å². The first-order valence-corrected chi connectivity index (χ1v) is 4.07. The second-order valence-electron chi connectivity index (χ2n) is 3.21. The Morgan fingerprint density at radius 3 is 2.00 bits per heavy atom. The van der Waals surface area contributed by atoms with Gasteiger partial charge >= 0.3 is 0 Å². The highest BCUT2D eigenvalue weighted by molar-refractivity contribution is 5.16. The summed E-state index contributed by atoms with van der Waals surface area (Å²) in [5.74, 6) is 0. The Kier molecular flexibility index (Phi) is 4.55. The van der Waals surface area contributed by atoms with E-state index >= 15 is 0 Å². The average molecular weight is 167 g/mol. The molecule has 0 radical (unpaired) electrons. The number of nitrogens with one attached hydrogen (secondary N) is 1. The molecule has 0 aliphatic carbocycles. The molecule has 0 fully saturated rings.